The molecule has 0 fully saturated rings. The van der Waals surface area contributed by atoms with Gasteiger partial charge in [0.15, 0.2) is 5.69 Å². The topological polar surface area (TPSA) is 65.2 Å². The number of hydrogen-bond acceptors (Lipinski definition) is 4. The van der Waals surface area contributed by atoms with Gasteiger partial charge in [0.2, 0.25) is 0 Å². The van der Waals surface area contributed by atoms with Crippen molar-refractivity contribution in [2.45, 2.75) is 19.1 Å². The molecule has 0 bridgehead atoms. The van der Waals surface area contributed by atoms with Gasteiger partial charge in [-0.15, -0.1) is 0 Å². The van der Waals surface area contributed by atoms with Crippen molar-refractivity contribution >= 4 is 5.97 Å². The van der Waals surface area contributed by atoms with Crippen LogP contribution in [0.3, 0.4) is 0 Å². The Balaban J connectivity index is 3.66. The van der Waals surface area contributed by atoms with E-state index in [9.17, 15) is 26.7 Å². The number of nitrogens with two attached hydrogens (primary N) is 1. The molecule has 0 atom stereocenters. The molecule has 0 saturated carbocycles. The summed E-state index contributed by atoms with van der Waals surface area (Å²) in [5.41, 5.74) is 0.597. The van der Waals surface area contributed by atoms with E-state index in [4.69, 9.17) is 5.73 Å². The second-order valence-corrected chi connectivity index (χ2v) is 3.41. The lowest BCUT2D eigenvalue weighted by molar-refractivity contribution is -0.139. The van der Waals surface area contributed by atoms with Gasteiger partial charge < -0.3 is 10.5 Å². The molecule has 9 heteroatoms. The van der Waals surface area contributed by atoms with Gasteiger partial charge in [0.25, 0.3) is 6.43 Å². The first kappa shape index (κ1) is 15.3. The fourth-order valence-corrected chi connectivity index (χ4v) is 1.53. The quantitative estimate of drug-likeness (QED) is 0.683. The Morgan fingerprint density at radius 1 is 1.47 bits per heavy atom. The van der Waals surface area contributed by atoms with Crippen LogP contribution in [0.25, 0.3) is 0 Å². The van der Waals surface area contributed by atoms with Gasteiger partial charge in [-0.2, -0.15) is 13.2 Å². The lowest BCUT2D eigenvalue weighted by Crippen LogP contribution is -2.22. The second-order valence-electron chi connectivity index (χ2n) is 3.41. The third-order valence-electron chi connectivity index (χ3n) is 2.32. The van der Waals surface area contributed by atoms with Crippen LogP contribution >= 0.6 is 0 Å². The normalized spacial score (nSPS) is 11.8. The predicted molar refractivity (Wildman–Crippen MR) is 53.4 cm³/mol. The Bertz CT molecular complexity index is 488. The first-order chi connectivity index (χ1) is 8.73. The Morgan fingerprint density at radius 3 is 2.42 bits per heavy atom. The van der Waals surface area contributed by atoms with Crippen molar-refractivity contribution in [3.05, 3.63) is 28.6 Å². The third-order valence-corrected chi connectivity index (χ3v) is 2.32. The van der Waals surface area contributed by atoms with E-state index in [2.05, 4.69) is 9.72 Å². The summed E-state index contributed by atoms with van der Waals surface area (Å²) in [7, 11) is 0.854. The average Bonchev–Trinajstić information content (AvgIpc) is 2.34. The zero-order valence-corrected chi connectivity index (χ0v) is 9.59. The highest BCUT2D eigenvalue weighted by Crippen LogP contribution is 2.37. The van der Waals surface area contributed by atoms with E-state index >= 15 is 0 Å². The molecule has 0 aliphatic carbocycles. The van der Waals surface area contributed by atoms with Gasteiger partial charge in [0.05, 0.1) is 12.7 Å². The number of rotatable bonds is 3. The number of carbonyl (C=O) groups is 1. The maximum absolute atomic E-state index is 12.9. The van der Waals surface area contributed by atoms with Crippen molar-refractivity contribution in [3.63, 3.8) is 0 Å². The standard InChI is InChI=1S/C10H9F5N2O2/c1-19-9(18)7-6(10(13,14)15)4(2-16)5(3-17-7)8(11)12/h3,8H,2,16H2,1H3. The molecule has 1 aromatic heterocycles. The number of hydrogen-bond donors (Lipinski definition) is 1. The molecule has 0 aliphatic heterocycles. The third kappa shape index (κ3) is 2.98. The Kier molecular flexibility index (Phi) is 4.40. The molecule has 1 aromatic rings. The Morgan fingerprint density at radius 2 is 2.05 bits per heavy atom. The SMILES string of the molecule is COC(=O)c1ncc(C(F)F)c(CN)c1C(F)(F)F. The lowest BCUT2D eigenvalue weighted by atomic mass is 10.0. The molecule has 0 aromatic carbocycles. The highest BCUT2D eigenvalue weighted by atomic mass is 19.4. The van der Waals surface area contributed by atoms with Crippen LogP contribution < -0.4 is 5.73 Å². The highest BCUT2D eigenvalue weighted by Gasteiger charge is 2.40. The molecule has 1 rings (SSSR count). The first-order valence-corrected chi connectivity index (χ1v) is 4.89. The van der Waals surface area contributed by atoms with E-state index in [1.165, 1.54) is 0 Å². The molecule has 0 unspecified atom stereocenters. The number of pyridine rings is 1. The van der Waals surface area contributed by atoms with Crippen LogP contribution in [0.15, 0.2) is 6.20 Å². The van der Waals surface area contributed by atoms with Gasteiger partial charge in [0.1, 0.15) is 0 Å². The summed E-state index contributed by atoms with van der Waals surface area (Å²) in [6, 6.07) is 0. The van der Waals surface area contributed by atoms with E-state index in [1.54, 1.807) is 0 Å². The molecule has 0 aliphatic rings. The van der Waals surface area contributed by atoms with E-state index in [1.807, 2.05) is 0 Å². The molecule has 19 heavy (non-hydrogen) atoms. The minimum absolute atomic E-state index is 0.494. The van der Waals surface area contributed by atoms with Crippen molar-refractivity contribution in [1.29, 1.82) is 0 Å². The fourth-order valence-electron chi connectivity index (χ4n) is 1.53. The smallest absolute Gasteiger partial charge is 0.419 e. The van der Waals surface area contributed by atoms with Gasteiger partial charge in [-0.1, -0.05) is 0 Å². The van der Waals surface area contributed by atoms with E-state index in [-0.39, 0.29) is 0 Å². The molecule has 1 heterocycles. The Labute approximate surface area is 104 Å². The van der Waals surface area contributed by atoms with Crippen LogP contribution in [0.4, 0.5) is 22.0 Å². The van der Waals surface area contributed by atoms with Gasteiger partial charge in [-0.3, -0.25) is 0 Å². The summed E-state index contributed by atoms with van der Waals surface area (Å²) in [5.74, 6) is -1.37. The summed E-state index contributed by atoms with van der Waals surface area (Å²) in [6.45, 7) is -0.805. The van der Waals surface area contributed by atoms with E-state index < -0.39 is 47.5 Å². The largest absolute Gasteiger partial charge is 0.464 e. The minimum atomic E-state index is -5.05. The summed E-state index contributed by atoms with van der Waals surface area (Å²) in [6.07, 6.45) is -7.73. The van der Waals surface area contributed by atoms with Gasteiger partial charge in [0, 0.05) is 18.3 Å². The zero-order chi connectivity index (χ0) is 14.8. The van der Waals surface area contributed by atoms with Gasteiger partial charge in [-0.25, -0.2) is 18.6 Å². The number of nitrogens with zero attached hydrogens (tertiary/aromatic N) is 1. The van der Waals surface area contributed by atoms with E-state index in [0.717, 1.165) is 7.11 Å². The molecular weight excluding hydrogens is 275 g/mol. The first-order valence-electron chi connectivity index (χ1n) is 4.89. The lowest BCUT2D eigenvalue weighted by Gasteiger charge is -2.17. The molecule has 0 radical (unpaired) electrons. The number of esters is 1. The van der Waals surface area contributed by atoms with Crippen molar-refractivity contribution in [2.24, 2.45) is 5.73 Å². The van der Waals surface area contributed by atoms with Crippen molar-refractivity contribution in [1.82, 2.24) is 4.98 Å². The number of halogens is 5. The molecule has 0 spiro atoms. The average molecular weight is 284 g/mol. The van der Waals surface area contributed by atoms with Crippen molar-refractivity contribution < 1.29 is 31.5 Å². The van der Waals surface area contributed by atoms with Crippen LogP contribution in [0.1, 0.15) is 33.6 Å². The summed E-state index contributed by atoms with van der Waals surface area (Å²) >= 11 is 0. The van der Waals surface area contributed by atoms with Gasteiger partial charge >= 0.3 is 12.1 Å². The molecule has 0 amide bonds. The monoisotopic (exact) mass is 284 g/mol. The highest BCUT2D eigenvalue weighted by molar-refractivity contribution is 5.89. The number of alkyl halides is 5. The summed E-state index contributed by atoms with van der Waals surface area (Å²) in [5, 5.41) is 0. The van der Waals surface area contributed by atoms with Crippen molar-refractivity contribution in [2.75, 3.05) is 7.11 Å². The molecule has 4 nitrogen and oxygen atoms in total. The molecular formula is C10H9F5N2O2. The minimum Gasteiger partial charge on any atom is -0.464 e. The van der Waals surface area contributed by atoms with Crippen LogP contribution in [0, 0.1) is 0 Å². The molecule has 106 valence electrons. The molecule has 2 N–H and O–H groups in total. The van der Waals surface area contributed by atoms with Crippen LogP contribution in [-0.4, -0.2) is 18.1 Å². The summed E-state index contributed by atoms with van der Waals surface area (Å²) < 4.78 is 68.0. The molecule has 0 saturated heterocycles. The summed E-state index contributed by atoms with van der Waals surface area (Å²) in [4.78, 5) is 14.3. The number of aromatic nitrogens is 1. The predicted octanol–water partition coefficient (Wildman–Crippen LogP) is 2.28. The van der Waals surface area contributed by atoms with Gasteiger partial charge in [-0.05, 0) is 5.56 Å². The maximum Gasteiger partial charge on any atom is 0.419 e. The van der Waals surface area contributed by atoms with Crippen LogP contribution in [-0.2, 0) is 17.5 Å². The second kappa shape index (κ2) is 5.47. The number of ether oxygens (including phenoxy) is 1. The number of carbonyl (C=O) groups excluding carboxylic acids is 1. The van der Waals surface area contributed by atoms with Crippen molar-refractivity contribution in [3.8, 4) is 0 Å². The van der Waals surface area contributed by atoms with Crippen LogP contribution in [0.5, 0.6) is 0 Å². The Hall–Kier alpha value is -1.77. The van der Waals surface area contributed by atoms with E-state index in [0.29, 0.717) is 6.20 Å². The number of methoxy groups -OCH3 is 1. The maximum atomic E-state index is 12.9. The zero-order valence-electron chi connectivity index (χ0n) is 9.59. The fraction of sp³-hybridized carbons (Fsp3) is 0.400. The van der Waals surface area contributed by atoms with Crippen LogP contribution in [0.2, 0.25) is 0 Å².